The van der Waals surface area contributed by atoms with Gasteiger partial charge in [-0.15, -0.1) is 11.3 Å². The van der Waals surface area contributed by atoms with Gasteiger partial charge in [-0.1, -0.05) is 64.8 Å². The van der Waals surface area contributed by atoms with Crippen LogP contribution in [0.2, 0.25) is 10.0 Å². The van der Waals surface area contributed by atoms with Crippen LogP contribution in [0.1, 0.15) is 0 Å². The quantitative estimate of drug-likeness (QED) is 0.451. The highest BCUT2D eigenvalue weighted by atomic mass is 35.5. The zero-order chi connectivity index (χ0) is 15.1. The number of hydrogen-bond acceptors (Lipinski definition) is 4. The van der Waals surface area contributed by atoms with E-state index in [9.17, 15) is 0 Å². The summed E-state index contributed by atoms with van der Waals surface area (Å²) in [7, 11) is 0. The predicted octanol–water partition coefficient (Wildman–Crippen LogP) is 5.93. The zero-order valence-corrected chi connectivity index (χ0v) is 13.4. The summed E-state index contributed by atoms with van der Waals surface area (Å²) in [6.07, 6.45) is 0. The summed E-state index contributed by atoms with van der Waals surface area (Å²) in [5.74, 6) is 0.961. The van der Waals surface area contributed by atoms with Crippen molar-refractivity contribution in [2.75, 3.05) is 0 Å². The first-order chi connectivity index (χ1) is 10.7. The molecule has 0 N–H and O–H groups in total. The highest BCUT2D eigenvalue weighted by Gasteiger charge is 2.18. The molecule has 0 amide bonds. The molecule has 0 radical (unpaired) electrons. The van der Waals surface area contributed by atoms with Crippen LogP contribution in [-0.4, -0.2) is 10.1 Å². The van der Waals surface area contributed by atoms with Crippen LogP contribution in [0.4, 0.5) is 0 Å². The van der Waals surface area contributed by atoms with E-state index in [-0.39, 0.29) is 0 Å². The molecule has 0 fully saturated rings. The lowest BCUT2D eigenvalue weighted by molar-refractivity contribution is 0.433. The first kappa shape index (κ1) is 13.8. The van der Waals surface area contributed by atoms with Crippen LogP contribution < -0.4 is 0 Å². The van der Waals surface area contributed by atoms with E-state index in [2.05, 4.69) is 10.1 Å². The first-order valence-electron chi connectivity index (χ1n) is 6.49. The van der Waals surface area contributed by atoms with Gasteiger partial charge in [-0.2, -0.15) is 4.98 Å². The van der Waals surface area contributed by atoms with Crippen molar-refractivity contribution in [2.24, 2.45) is 0 Å². The number of aromatic nitrogens is 2. The Morgan fingerprint density at radius 2 is 1.82 bits per heavy atom. The van der Waals surface area contributed by atoms with Gasteiger partial charge in [0, 0.05) is 20.7 Å². The largest absolute Gasteiger partial charge is 0.333 e. The van der Waals surface area contributed by atoms with Gasteiger partial charge in [0.05, 0.1) is 5.02 Å². The maximum atomic E-state index is 6.44. The molecule has 0 unspecified atom stereocenters. The van der Waals surface area contributed by atoms with Crippen LogP contribution in [0.25, 0.3) is 32.2 Å². The summed E-state index contributed by atoms with van der Waals surface area (Å²) < 4.78 is 6.37. The fraction of sp³-hybridized carbons (Fsp3) is 0. The Morgan fingerprint density at radius 1 is 1.00 bits per heavy atom. The molecule has 0 aliphatic rings. The molecule has 4 rings (SSSR count). The number of hydrogen-bond donors (Lipinski definition) is 0. The average Bonchev–Trinajstić information content (AvgIpc) is 3.13. The van der Waals surface area contributed by atoms with Crippen molar-refractivity contribution < 1.29 is 4.52 Å². The van der Waals surface area contributed by atoms with Crippen LogP contribution in [0, 0.1) is 0 Å². The van der Waals surface area contributed by atoms with Crippen molar-refractivity contribution in [3.63, 3.8) is 0 Å². The van der Waals surface area contributed by atoms with Crippen molar-refractivity contribution >= 4 is 44.6 Å². The molecule has 108 valence electrons. The molecule has 0 saturated carbocycles. The Balaban J connectivity index is 1.83. The maximum absolute atomic E-state index is 6.44. The molecule has 2 aromatic heterocycles. The average molecular weight is 347 g/mol. The van der Waals surface area contributed by atoms with Crippen LogP contribution in [-0.2, 0) is 0 Å². The number of fused-ring (bicyclic) bond motifs is 1. The Kier molecular flexibility index (Phi) is 3.37. The standard InChI is InChI=1S/C16H8Cl2N2OS/c17-10-6-7-11-12(8-10)22-14(13(11)18)16-19-15(20-21-16)9-4-2-1-3-5-9/h1-8H. The molecular formula is C16H8Cl2N2OS. The van der Waals surface area contributed by atoms with Gasteiger partial charge >= 0.3 is 0 Å². The third kappa shape index (κ3) is 2.29. The third-order valence-electron chi connectivity index (χ3n) is 3.24. The minimum absolute atomic E-state index is 0.418. The summed E-state index contributed by atoms with van der Waals surface area (Å²) in [6.45, 7) is 0. The van der Waals surface area contributed by atoms with E-state index < -0.39 is 0 Å². The minimum Gasteiger partial charge on any atom is -0.333 e. The summed E-state index contributed by atoms with van der Waals surface area (Å²) in [5.41, 5.74) is 0.901. The zero-order valence-electron chi connectivity index (χ0n) is 11.1. The van der Waals surface area contributed by atoms with Crippen molar-refractivity contribution in [2.45, 2.75) is 0 Å². The van der Waals surface area contributed by atoms with E-state index in [0.29, 0.717) is 21.8 Å². The Morgan fingerprint density at radius 3 is 2.64 bits per heavy atom. The summed E-state index contributed by atoms with van der Waals surface area (Å²) >= 11 is 13.9. The smallest absolute Gasteiger partial charge is 0.269 e. The van der Waals surface area contributed by atoms with Crippen molar-refractivity contribution in [1.82, 2.24) is 10.1 Å². The van der Waals surface area contributed by atoms with Gasteiger partial charge < -0.3 is 4.52 Å². The van der Waals surface area contributed by atoms with Crippen LogP contribution in [0.15, 0.2) is 53.1 Å². The molecule has 2 heterocycles. The Bertz CT molecular complexity index is 963. The second kappa shape index (κ2) is 5.39. The normalized spacial score (nSPS) is 11.2. The fourth-order valence-corrected chi connectivity index (χ4v) is 3.91. The molecular weight excluding hydrogens is 339 g/mol. The highest BCUT2D eigenvalue weighted by Crippen LogP contribution is 2.42. The molecule has 2 aromatic carbocycles. The van der Waals surface area contributed by atoms with E-state index in [4.69, 9.17) is 27.7 Å². The van der Waals surface area contributed by atoms with Gasteiger partial charge in [-0.25, -0.2) is 0 Å². The van der Waals surface area contributed by atoms with Gasteiger partial charge in [-0.05, 0) is 12.1 Å². The Hall–Kier alpha value is -1.88. The molecule has 4 aromatic rings. The number of nitrogens with zero attached hydrogens (tertiary/aromatic N) is 2. The molecule has 22 heavy (non-hydrogen) atoms. The van der Waals surface area contributed by atoms with Crippen LogP contribution in [0.3, 0.4) is 0 Å². The number of halogens is 2. The van der Waals surface area contributed by atoms with Crippen LogP contribution >= 0.6 is 34.5 Å². The minimum atomic E-state index is 0.418. The van der Waals surface area contributed by atoms with E-state index in [1.54, 1.807) is 0 Å². The fourth-order valence-electron chi connectivity index (χ4n) is 2.20. The number of benzene rings is 2. The highest BCUT2D eigenvalue weighted by molar-refractivity contribution is 7.23. The molecule has 0 aliphatic carbocycles. The summed E-state index contributed by atoms with van der Waals surface area (Å²) in [4.78, 5) is 5.20. The SMILES string of the molecule is Clc1ccc2c(Cl)c(-c3nc(-c4ccccc4)no3)sc2c1. The molecule has 6 heteroatoms. The van der Waals surface area contributed by atoms with Gasteiger partial charge in [0.15, 0.2) is 0 Å². The monoisotopic (exact) mass is 346 g/mol. The third-order valence-corrected chi connectivity index (χ3v) is 5.12. The summed E-state index contributed by atoms with van der Waals surface area (Å²) in [5, 5.41) is 6.25. The lowest BCUT2D eigenvalue weighted by atomic mass is 10.2. The van der Waals surface area contributed by atoms with Crippen molar-refractivity contribution in [1.29, 1.82) is 0 Å². The Labute approximate surface area is 140 Å². The van der Waals surface area contributed by atoms with E-state index >= 15 is 0 Å². The molecule has 3 nitrogen and oxygen atoms in total. The lowest BCUT2D eigenvalue weighted by Gasteiger charge is -1.91. The van der Waals surface area contributed by atoms with E-state index in [1.807, 2.05) is 48.5 Å². The van der Waals surface area contributed by atoms with Gasteiger partial charge in [-0.3, -0.25) is 0 Å². The maximum Gasteiger partial charge on any atom is 0.269 e. The topological polar surface area (TPSA) is 38.9 Å². The van der Waals surface area contributed by atoms with E-state index in [1.165, 1.54) is 11.3 Å². The number of rotatable bonds is 2. The number of thiophene rings is 1. The van der Waals surface area contributed by atoms with Crippen LogP contribution in [0.5, 0.6) is 0 Å². The summed E-state index contributed by atoms with van der Waals surface area (Å²) in [6, 6.07) is 15.3. The molecule has 0 saturated heterocycles. The second-order valence-corrected chi connectivity index (χ2v) is 6.54. The van der Waals surface area contributed by atoms with Crippen molar-refractivity contribution in [3.05, 3.63) is 58.6 Å². The first-order valence-corrected chi connectivity index (χ1v) is 8.06. The molecule has 0 aliphatic heterocycles. The van der Waals surface area contributed by atoms with Gasteiger partial charge in [0.25, 0.3) is 5.89 Å². The van der Waals surface area contributed by atoms with E-state index in [0.717, 1.165) is 20.5 Å². The molecule has 0 spiro atoms. The molecule has 0 bridgehead atoms. The lowest BCUT2D eigenvalue weighted by Crippen LogP contribution is -1.79. The van der Waals surface area contributed by atoms with Crippen molar-refractivity contribution in [3.8, 4) is 22.2 Å². The molecule has 0 atom stereocenters. The predicted molar refractivity (Wildman–Crippen MR) is 90.6 cm³/mol. The van der Waals surface area contributed by atoms with Gasteiger partial charge in [0.2, 0.25) is 5.82 Å². The van der Waals surface area contributed by atoms with Gasteiger partial charge in [0.1, 0.15) is 4.88 Å². The second-order valence-electron chi connectivity index (χ2n) is 4.67.